The van der Waals surface area contributed by atoms with Gasteiger partial charge in [-0.1, -0.05) is 6.07 Å². The van der Waals surface area contributed by atoms with Crippen LogP contribution in [0.4, 0.5) is 0 Å². The van der Waals surface area contributed by atoms with Crippen LogP contribution in [0.1, 0.15) is 26.3 Å². The molecule has 16 heavy (non-hydrogen) atoms. The molecule has 0 aliphatic heterocycles. The molecule has 0 unspecified atom stereocenters. The van der Waals surface area contributed by atoms with Crippen molar-refractivity contribution in [2.75, 3.05) is 13.7 Å². The fraction of sp³-hybridized carbons (Fsp3) is 0.538. The van der Waals surface area contributed by atoms with Crippen molar-refractivity contribution in [2.24, 2.45) is 0 Å². The van der Waals surface area contributed by atoms with Gasteiger partial charge in [0, 0.05) is 5.54 Å². The average molecular weight is 223 g/mol. The van der Waals surface area contributed by atoms with Gasteiger partial charge < -0.3 is 15.2 Å². The minimum Gasteiger partial charge on any atom is -0.504 e. The molecule has 0 spiro atoms. The van der Waals surface area contributed by atoms with E-state index in [1.165, 1.54) is 0 Å². The molecule has 0 aliphatic rings. The Morgan fingerprint density at radius 3 is 2.56 bits per heavy atom. The van der Waals surface area contributed by atoms with Gasteiger partial charge in [0.25, 0.3) is 0 Å². The highest BCUT2D eigenvalue weighted by Crippen LogP contribution is 2.26. The number of benzene rings is 1. The van der Waals surface area contributed by atoms with Gasteiger partial charge in [-0.25, -0.2) is 0 Å². The van der Waals surface area contributed by atoms with Crippen LogP contribution >= 0.6 is 0 Å². The van der Waals surface area contributed by atoms with Crippen LogP contribution in [0.25, 0.3) is 0 Å². The van der Waals surface area contributed by atoms with Crippen LogP contribution in [0.15, 0.2) is 18.2 Å². The highest BCUT2D eigenvalue weighted by atomic mass is 16.5. The summed E-state index contributed by atoms with van der Waals surface area (Å²) in [6, 6.07) is 5.47. The molecular formula is C13H21NO2. The van der Waals surface area contributed by atoms with E-state index in [2.05, 4.69) is 26.1 Å². The van der Waals surface area contributed by atoms with E-state index in [0.717, 1.165) is 18.5 Å². The Labute approximate surface area is 97.4 Å². The lowest BCUT2D eigenvalue weighted by atomic mass is 10.1. The summed E-state index contributed by atoms with van der Waals surface area (Å²) in [6.07, 6.45) is 0.925. The first-order valence-electron chi connectivity index (χ1n) is 5.53. The average Bonchev–Trinajstić information content (AvgIpc) is 2.18. The van der Waals surface area contributed by atoms with Gasteiger partial charge in [-0.05, 0) is 51.4 Å². The molecular weight excluding hydrogens is 202 g/mol. The van der Waals surface area contributed by atoms with Crippen LogP contribution in [-0.4, -0.2) is 24.3 Å². The van der Waals surface area contributed by atoms with Crippen LogP contribution in [-0.2, 0) is 6.42 Å². The van der Waals surface area contributed by atoms with Crippen LogP contribution in [0.5, 0.6) is 11.5 Å². The number of nitrogens with one attached hydrogen (secondary N) is 1. The van der Waals surface area contributed by atoms with E-state index in [9.17, 15) is 5.11 Å². The number of phenolic OH excluding ortho intramolecular Hbond substituents is 1. The Hall–Kier alpha value is -1.22. The molecule has 0 saturated heterocycles. The largest absolute Gasteiger partial charge is 0.504 e. The number of rotatable bonds is 4. The van der Waals surface area contributed by atoms with Crippen molar-refractivity contribution in [3.05, 3.63) is 23.8 Å². The molecule has 0 fully saturated rings. The number of aromatic hydroxyl groups is 1. The summed E-state index contributed by atoms with van der Waals surface area (Å²) < 4.78 is 5.06. The molecule has 0 saturated carbocycles. The van der Waals surface area contributed by atoms with Gasteiger partial charge in [-0.15, -0.1) is 0 Å². The summed E-state index contributed by atoms with van der Waals surface area (Å²) in [5, 5.41) is 12.9. The third-order valence-corrected chi connectivity index (χ3v) is 2.31. The molecule has 1 rings (SSSR count). The fourth-order valence-corrected chi connectivity index (χ4v) is 1.46. The molecule has 3 nitrogen and oxygen atoms in total. The van der Waals surface area contributed by atoms with Crippen LogP contribution < -0.4 is 10.1 Å². The molecule has 0 amide bonds. The maximum absolute atomic E-state index is 9.45. The Kier molecular flexibility index (Phi) is 4.19. The molecule has 3 heteroatoms. The van der Waals surface area contributed by atoms with Crippen LogP contribution in [0.3, 0.4) is 0 Å². The second kappa shape index (κ2) is 5.21. The summed E-state index contributed by atoms with van der Waals surface area (Å²) in [7, 11) is 1.56. The predicted molar refractivity (Wildman–Crippen MR) is 66.1 cm³/mol. The number of hydrogen-bond donors (Lipinski definition) is 2. The second-order valence-electron chi connectivity index (χ2n) is 4.93. The molecule has 1 aromatic carbocycles. The van der Waals surface area contributed by atoms with E-state index in [1.54, 1.807) is 13.2 Å². The molecule has 0 heterocycles. The van der Waals surface area contributed by atoms with Crippen LogP contribution in [0, 0.1) is 0 Å². The molecule has 0 aliphatic carbocycles. The van der Waals surface area contributed by atoms with Crippen molar-refractivity contribution in [3.63, 3.8) is 0 Å². The SMILES string of the molecule is COc1cc(CCNC(C)(C)C)ccc1O. The van der Waals surface area contributed by atoms with Crippen molar-refractivity contribution in [1.29, 1.82) is 0 Å². The summed E-state index contributed by atoms with van der Waals surface area (Å²) in [4.78, 5) is 0. The predicted octanol–water partition coefficient (Wildman–Crippen LogP) is 2.33. The topological polar surface area (TPSA) is 41.5 Å². The monoisotopic (exact) mass is 223 g/mol. The highest BCUT2D eigenvalue weighted by Gasteiger charge is 2.08. The quantitative estimate of drug-likeness (QED) is 0.823. The van der Waals surface area contributed by atoms with Crippen molar-refractivity contribution in [2.45, 2.75) is 32.7 Å². The summed E-state index contributed by atoms with van der Waals surface area (Å²) in [5.74, 6) is 0.725. The van der Waals surface area contributed by atoms with Crippen molar-refractivity contribution >= 4 is 0 Å². The van der Waals surface area contributed by atoms with E-state index >= 15 is 0 Å². The third kappa shape index (κ3) is 4.11. The number of ether oxygens (including phenoxy) is 1. The molecule has 90 valence electrons. The maximum Gasteiger partial charge on any atom is 0.160 e. The van der Waals surface area contributed by atoms with Crippen molar-refractivity contribution < 1.29 is 9.84 Å². The first-order valence-corrected chi connectivity index (χ1v) is 5.53. The molecule has 2 N–H and O–H groups in total. The molecule has 0 bridgehead atoms. The van der Waals surface area contributed by atoms with Gasteiger partial charge in [-0.2, -0.15) is 0 Å². The molecule has 0 atom stereocenters. The fourth-order valence-electron chi connectivity index (χ4n) is 1.46. The smallest absolute Gasteiger partial charge is 0.160 e. The molecule has 0 radical (unpaired) electrons. The lowest BCUT2D eigenvalue weighted by Crippen LogP contribution is -2.37. The van der Waals surface area contributed by atoms with Gasteiger partial charge in [0.2, 0.25) is 0 Å². The van der Waals surface area contributed by atoms with Gasteiger partial charge in [0.15, 0.2) is 11.5 Å². The Bertz CT molecular complexity index is 342. The first-order chi connectivity index (χ1) is 7.42. The highest BCUT2D eigenvalue weighted by molar-refractivity contribution is 5.41. The van der Waals surface area contributed by atoms with Crippen LogP contribution in [0.2, 0.25) is 0 Å². The number of hydrogen-bond acceptors (Lipinski definition) is 3. The number of phenols is 1. The zero-order chi connectivity index (χ0) is 12.2. The number of methoxy groups -OCH3 is 1. The molecule has 0 aromatic heterocycles. The van der Waals surface area contributed by atoms with Gasteiger partial charge in [0.05, 0.1) is 7.11 Å². The summed E-state index contributed by atoms with van der Waals surface area (Å²) >= 11 is 0. The van der Waals surface area contributed by atoms with Crippen molar-refractivity contribution in [1.82, 2.24) is 5.32 Å². The van der Waals surface area contributed by atoms with Gasteiger partial charge in [0.1, 0.15) is 0 Å². The standard InChI is InChI=1S/C13H21NO2/c1-13(2,3)14-8-7-10-5-6-11(15)12(9-10)16-4/h5-6,9,14-15H,7-8H2,1-4H3. The van der Waals surface area contributed by atoms with E-state index in [0.29, 0.717) is 5.75 Å². The van der Waals surface area contributed by atoms with E-state index < -0.39 is 0 Å². The Morgan fingerprint density at radius 2 is 2.00 bits per heavy atom. The van der Waals surface area contributed by atoms with E-state index in [1.807, 2.05) is 12.1 Å². The van der Waals surface area contributed by atoms with Gasteiger partial charge >= 0.3 is 0 Å². The zero-order valence-corrected chi connectivity index (χ0v) is 10.5. The van der Waals surface area contributed by atoms with Gasteiger partial charge in [-0.3, -0.25) is 0 Å². The lowest BCUT2D eigenvalue weighted by Gasteiger charge is -2.20. The zero-order valence-electron chi connectivity index (χ0n) is 10.5. The summed E-state index contributed by atoms with van der Waals surface area (Å²) in [5.41, 5.74) is 1.30. The minimum absolute atomic E-state index is 0.140. The van der Waals surface area contributed by atoms with E-state index in [-0.39, 0.29) is 11.3 Å². The Balaban J connectivity index is 2.55. The summed E-state index contributed by atoms with van der Waals surface area (Å²) in [6.45, 7) is 7.34. The van der Waals surface area contributed by atoms with Crippen molar-refractivity contribution in [3.8, 4) is 11.5 Å². The first kappa shape index (κ1) is 12.8. The molecule has 1 aromatic rings. The lowest BCUT2D eigenvalue weighted by molar-refractivity contribution is 0.372. The Morgan fingerprint density at radius 1 is 1.31 bits per heavy atom. The normalized spacial score (nSPS) is 11.5. The minimum atomic E-state index is 0.140. The third-order valence-electron chi connectivity index (χ3n) is 2.31. The second-order valence-corrected chi connectivity index (χ2v) is 4.93. The van der Waals surface area contributed by atoms with E-state index in [4.69, 9.17) is 4.74 Å². The maximum atomic E-state index is 9.45.